The molecule has 5 atom stereocenters. The fourth-order valence-corrected chi connectivity index (χ4v) is 8.57. The van der Waals surface area contributed by atoms with E-state index >= 15 is 0 Å². The molecule has 13 heteroatoms. The average Bonchev–Trinajstić information content (AvgIpc) is 3.45. The fourth-order valence-electron chi connectivity index (χ4n) is 7.31. The largest absolute Gasteiger partial charge is 0.772 e. The summed E-state index contributed by atoms with van der Waals surface area (Å²) in [6, 6.07) is 0. The van der Waals surface area contributed by atoms with E-state index in [9.17, 15) is 39.9 Å². The summed E-state index contributed by atoms with van der Waals surface area (Å²) in [5.74, 6) is -17.4. The van der Waals surface area contributed by atoms with E-state index in [0.29, 0.717) is 19.3 Å². The maximum atomic E-state index is 14.8. The van der Waals surface area contributed by atoms with Crippen molar-refractivity contribution in [3.05, 3.63) is 0 Å². The molecule has 0 aromatic heterocycles. The van der Waals surface area contributed by atoms with Gasteiger partial charge in [-0.1, -0.05) is 38.8 Å². The van der Waals surface area contributed by atoms with Crippen LogP contribution < -0.4 is 5.73 Å². The molecule has 0 aliphatic heterocycles. The van der Waals surface area contributed by atoms with Gasteiger partial charge in [0.25, 0.3) is 0 Å². The van der Waals surface area contributed by atoms with Gasteiger partial charge in [0.1, 0.15) is 12.2 Å². The summed E-state index contributed by atoms with van der Waals surface area (Å²) < 4.78 is 122. The molecule has 0 radical (unpaired) electrons. The second kappa shape index (κ2) is 10.5. The Bertz CT molecular complexity index is 911. The van der Waals surface area contributed by atoms with Crippen molar-refractivity contribution in [1.82, 2.24) is 0 Å². The maximum Gasteiger partial charge on any atom is 0.373 e. The predicted molar refractivity (Wildman–Crippen MR) is 127 cm³/mol. The third-order valence-corrected chi connectivity index (χ3v) is 10.9. The molecule has 0 saturated heterocycles. The van der Waals surface area contributed by atoms with Crippen LogP contribution in [0.4, 0.5) is 26.3 Å². The van der Waals surface area contributed by atoms with E-state index < -0.39 is 82.2 Å². The highest BCUT2D eigenvalue weighted by Gasteiger charge is 2.74. The van der Waals surface area contributed by atoms with E-state index in [0.717, 1.165) is 12.8 Å². The number of rotatable bonds is 12. The maximum absolute atomic E-state index is 14.8. The summed E-state index contributed by atoms with van der Waals surface area (Å²) >= 11 is -3.35. The minimum Gasteiger partial charge on any atom is -0.772 e. The third-order valence-electron chi connectivity index (χ3n) is 9.85. The topological polar surface area (TPSA) is 102 Å². The predicted octanol–water partition coefficient (Wildman–Crippen LogP) is 5.21. The Balaban J connectivity index is 1.87. The number of ether oxygens (including phenoxy) is 2. The highest BCUT2D eigenvalue weighted by molar-refractivity contribution is 7.79. The molecule has 3 rings (SSSR count). The Kier molecular flexibility index (Phi) is 8.72. The van der Waals surface area contributed by atoms with Crippen LogP contribution in [0.1, 0.15) is 79.1 Å². The molecule has 0 spiro atoms. The Morgan fingerprint density at radius 3 is 2.13 bits per heavy atom. The van der Waals surface area contributed by atoms with Gasteiger partial charge in [0.15, 0.2) is 0 Å². The number of hydrogen-bond acceptors (Lipinski definition) is 6. The molecule has 0 aromatic rings. The summed E-state index contributed by atoms with van der Waals surface area (Å²) in [5, 5.41) is -2.14. The first-order chi connectivity index (χ1) is 17.3. The zero-order valence-electron chi connectivity index (χ0n) is 22.2. The number of carbonyl (C=O) groups excluding carboxylic acids is 1. The van der Waals surface area contributed by atoms with Crippen molar-refractivity contribution in [2.24, 2.45) is 28.4 Å². The third kappa shape index (κ3) is 4.91. The monoisotopic (exact) mass is 578 g/mol. The molecule has 3 aliphatic rings. The number of esters is 1. The Labute approximate surface area is 222 Å². The van der Waals surface area contributed by atoms with Gasteiger partial charge in [-0.25, -0.2) is 4.79 Å². The Hall–Kier alpha value is -0.920. The van der Waals surface area contributed by atoms with Gasteiger partial charge in [0.05, 0.1) is 12.6 Å². The molecular formula is C25H38F6NO5S-. The number of halogens is 6. The first-order valence-corrected chi connectivity index (χ1v) is 14.2. The van der Waals surface area contributed by atoms with Crippen LogP contribution in [0.15, 0.2) is 0 Å². The zero-order valence-corrected chi connectivity index (χ0v) is 23.0. The van der Waals surface area contributed by atoms with Gasteiger partial charge < -0.3 is 19.8 Å². The van der Waals surface area contributed by atoms with Crippen LogP contribution in [0, 0.1) is 22.7 Å². The lowest BCUT2D eigenvalue weighted by molar-refractivity contribution is -0.308. The molecule has 3 fully saturated rings. The van der Waals surface area contributed by atoms with Crippen molar-refractivity contribution >= 4 is 17.0 Å². The molecule has 222 valence electrons. The second-order valence-electron chi connectivity index (χ2n) is 12.1. The number of carbonyl (C=O) groups is 1. The van der Waals surface area contributed by atoms with Gasteiger partial charge in [-0.15, -0.1) is 0 Å². The van der Waals surface area contributed by atoms with Crippen LogP contribution in [0.2, 0.25) is 0 Å². The Morgan fingerprint density at radius 1 is 1.08 bits per heavy atom. The minimum atomic E-state index is -5.88. The van der Waals surface area contributed by atoms with Crippen LogP contribution in [0.5, 0.6) is 0 Å². The first-order valence-electron chi connectivity index (χ1n) is 13.1. The second-order valence-corrected chi connectivity index (χ2v) is 13.2. The van der Waals surface area contributed by atoms with Crippen molar-refractivity contribution < 1.29 is 49.4 Å². The minimum absolute atomic E-state index is 0.0356. The molecule has 6 nitrogen and oxygen atoms in total. The Morgan fingerprint density at radius 2 is 1.66 bits per heavy atom. The summed E-state index contributed by atoms with van der Waals surface area (Å²) in [6.07, 6.45) is 0.743. The molecule has 38 heavy (non-hydrogen) atoms. The van der Waals surface area contributed by atoms with E-state index in [-0.39, 0.29) is 24.7 Å². The SMILES string of the molecule is CC(C)C1(OC(=O)COC2CC3CCC2(C(CC(F)(F)C(F)(F)C(F)(F)CN)S(=O)[O-])C3(C)C)CCCC1. The highest BCUT2D eigenvalue weighted by Crippen LogP contribution is 2.70. The summed E-state index contributed by atoms with van der Waals surface area (Å²) in [4.78, 5) is 12.8. The highest BCUT2D eigenvalue weighted by atomic mass is 32.2. The van der Waals surface area contributed by atoms with Crippen molar-refractivity contribution in [3.8, 4) is 0 Å². The van der Waals surface area contributed by atoms with Gasteiger partial charge in [-0.2, -0.15) is 26.3 Å². The van der Waals surface area contributed by atoms with Crippen LogP contribution in [-0.4, -0.2) is 62.6 Å². The lowest BCUT2D eigenvalue weighted by atomic mass is 9.64. The van der Waals surface area contributed by atoms with Gasteiger partial charge >= 0.3 is 23.7 Å². The quantitative estimate of drug-likeness (QED) is 0.194. The van der Waals surface area contributed by atoms with Crippen LogP contribution in [0.3, 0.4) is 0 Å². The van der Waals surface area contributed by atoms with E-state index in [4.69, 9.17) is 9.47 Å². The van der Waals surface area contributed by atoms with Crippen LogP contribution in [-0.2, 0) is 25.3 Å². The summed E-state index contributed by atoms with van der Waals surface area (Å²) in [6.45, 7) is 4.55. The fraction of sp³-hybridized carbons (Fsp3) is 0.960. The van der Waals surface area contributed by atoms with E-state index in [1.807, 2.05) is 13.8 Å². The number of hydrogen-bond donors (Lipinski definition) is 1. The van der Waals surface area contributed by atoms with Gasteiger partial charge in [0.2, 0.25) is 0 Å². The molecule has 0 aromatic carbocycles. The number of alkyl halides is 6. The van der Waals surface area contributed by atoms with Crippen molar-refractivity contribution in [2.75, 3.05) is 13.2 Å². The molecule has 2 bridgehead atoms. The standard InChI is InChI=1S/C25H39F6NO5S/c1-15(2)21(8-5-6-9-21)37-19(33)13-36-17-11-16-7-10-22(17,20(16,3)4)18(38(34)35)12-23(26,27)25(30,31)24(28,29)14-32/h15-18H,5-14,32H2,1-4H3,(H,34,35)/p-1. The molecular weight excluding hydrogens is 540 g/mol. The smallest absolute Gasteiger partial charge is 0.373 e. The zero-order chi connectivity index (χ0) is 28.9. The van der Waals surface area contributed by atoms with Crippen molar-refractivity contribution in [3.63, 3.8) is 0 Å². The number of nitrogens with two attached hydrogens (primary N) is 1. The molecule has 2 N–H and O–H groups in total. The summed E-state index contributed by atoms with van der Waals surface area (Å²) in [5.41, 5.74) is 1.41. The van der Waals surface area contributed by atoms with Gasteiger partial charge in [-0.05, 0) is 62.2 Å². The van der Waals surface area contributed by atoms with Crippen molar-refractivity contribution in [2.45, 2.75) is 114 Å². The first kappa shape index (κ1) is 31.6. The molecule has 3 saturated carbocycles. The van der Waals surface area contributed by atoms with Crippen LogP contribution >= 0.6 is 0 Å². The van der Waals surface area contributed by atoms with Crippen LogP contribution in [0.25, 0.3) is 0 Å². The van der Waals surface area contributed by atoms with Crippen molar-refractivity contribution in [1.29, 1.82) is 0 Å². The molecule has 3 aliphatic carbocycles. The van der Waals surface area contributed by atoms with E-state index in [1.165, 1.54) is 0 Å². The molecule has 5 unspecified atom stereocenters. The van der Waals surface area contributed by atoms with Gasteiger partial charge in [0, 0.05) is 17.1 Å². The molecule has 0 amide bonds. The normalized spacial score (nSPS) is 30.6. The lowest BCUT2D eigenvalue weighted by Crippen LogP contribution is -2.61. The van der Waals surface area contributed by atoms with E-state index in [1.54, 1.807) is 13.8 Å². The molecule has 0 heterocycles. The number of fused-ring (bicyclic) bond motifs is 2. The average molecular weight is 579 g/mol. The lowest BCUT2D eigenvalue weighted by Gasteiger charge is -2.50. The summed E-state index contributed by atoms with van der Waals surface area (Å²) in [7, 11) is 0. The van der Waals surface area contributed by atoms with Gasteiger partial charge in [-0.3, -0.25) is 4.21 Å². The van der Waals surface area contributed by atoms with E-state index in [2.05, 4.69) is 5.73 Å².